The van der Waals surface area contributed by atoms with Crippen LogP contribution in [0.2, 0.25) is 0 Å². The van der Waals surface area contributed by atoms with E-state index in [1.54, 1.807) is 18.3 Å². The van der Waals surface area contributed by atoms with E-state index >= 15 is 0 Å². The minimum absolute atomic E-state index is 0.0247. The zero-order chi connectivity index (χ0) is 20.8. The second-order valence-corrected chi connectivity index (χ2v) is 8.18. The molecular formula is C24H29FN4O. The normalized spacial score (nSPS) is 19.3. The van der Waals surface area contributed by atoms with Gasteiger partial charge in [0.15, 0.2) is 5.82 Å². The molecule has 1 N–H and O–H groups in total. The first-order valence-corrected chi connectivity index (χ1v) is 11.0. The summed E-state index contributed by atoms with van der Waals surface area (Å²) in [7, 11) is 0. The van der Waals surface area contributed by atoms with Crippen LogP contribution in [0.5, 0.6) is 0 Å². The lowest BCUT2D eigenvalue weighted by atomic mass is 9.96. The van der Waals surface area contributed by atoms with Gasteiger partial charge in [0.05, 0.1) is 5.92 Å². The number of hydrogen-bond acceptors (Lipinski definition) is 4. The van der Waals surface area contributed by atoms with Crippen molar-refractivity contribution in [3.63, 3.8) is 0 Å². The van der Waals surface area contributed by atoms with Gasteiger partial charge in [-0.25, -0.2) is 14.4 Å². The molecule has 5 nitrogen and oxygen atoms in total. The average Bonchev–Trinajstić information content (AvgIpc) is 2.80. The minimum Gasteiger partial charge on any atom is -0.356 e. The zero-order valence-electron chi connectivity index (χ0n) is 17.3. The van der Waals surface area contributed by atoms with Gasteiger partial charge in [-0.1, -0.05) is 11.6 Å². The van der Waals surface area contributed by atoms with Crippen molar-refractivity contribution in [2.75, 3.05) is 24.5 Å². The molecule has 1 aliphatic carbocycles. The van der Waals surface area contributed by atoms with Crippen LogP contribution >= 0.6 is 0 Å². The number of rotatable bonds is 6. The highest BCUT2D eigenvalue weighted by atomic mass is 19.1. The van der Waals surface area contributed by atoms with Gasteiger partial charge < -0.3 is 10.2 Å². The Hall–Kier alpha value is -2.76. The van der Waals surface area contributed by atoms with E-state index in [9.17, 15) is 9.18 Å². The molecule has 0 spiro atoms. The smallest absolute Gasteiger partial charge is 0.224 e. The van der Waals surface area contributed by atoms with Crippen molar-refractivity contribution in [1.29, 1.82) is 0 Å². The Morgan fingerprint density at radius 1 is 1.17 bits per heavy atom. The Bertz CT molecular complexity index is 896. The van der Waals surface area contributed by atoms with Crippen LogP contribution in [0.3, 0.4) is 0 Å². The summed E-state index contributed by atoms with van der Waals surface area (Å²) in [6, 6.07) is 8.07. The summed E-state index contributed by atoms with van der Waals surface area (Å²) in [6.45, 7) is 2.26. The Labute approximate surface area is 177 Å². The highest BCUT2D eigenvalue weighted by Gasteiger charge is 2.26. The number of hydrogen-bond donors (Lipinski definition) is 1. The lowest BCUT2D eigenvalue weighted by molar-refractivity contribution is -0.125. The molecule has 2 heterocycles. The number of anilines is 1. The molecule has 0 unspecified atom stereocenters. The lowest BCUT2D eigenvalue weighted by Gasteiger charge is -2.33. The molecule has 0 saturated carbocycles. The van der Waals surface area contributed by atoms with Crippen LogP contribution in [0.4, 0.5) is 10.2 Å². The molecule has 1 saturated heterocycles. The second kappa shape index (κ2) is 9.83. The number of benzene rings is 1. The minimum atomic E-state index is -0.278. The van der Waals surface area contributed by atoms with Crippen LogP contribution in [0.15, 0.2) is 48.2 Å². The van der Waals surface area contributed by atoms with Gasteiger partial charge in [-0.3, -0.25) is 4.79 Å². The quantitative estimate of drug-likeness (QED) is 0.715. The fourth-order valence-corrected chi connectivity index (χ4v) is 4.28. The van der Waals surface area contributed by atoms with Gasteiger partial charge in [0, 0.05) is 31.4 Å². The predicted molar refractivity (Wildman–Crippen MR) is 117 cm³/mol. The molecule has 4 rings (SSSR count). The summed E-state index contributed by atoms with van der Waals surface area (Å²) < 4.78 is 13.2. The standard InChI is InChI=1S/C24H29FN4O/c25-21-10-8-19(9-11-21)23-26-15-13-22(28-23)29-16-4-7-20(17-29)24(30)27-14-12-18-5-2-1-3-6-18/h5,8-11,13,15,20H,1-4,6-7,12,14,16-17H2,(H,27,30)/t20-/m1/s1. The summed E-state index contributed by atoms with van der Waals surface area (Å²) in [4.78, 5) is 23.9. The molecule has 1 atom stereocenters. The van der Waals surface area contributed by atoms with E-state index < -0.39 is 0 Å². The van der Waals surface area contributed by atoms with Gasteiger partial charge >= 0.3 is 0 Å². The van der Waals surface area contributed by atoms with Crippen LogP contribution in [0, 0.1) is 11.7 Å². The maximum atomic E-state index is 13.2. The first-order valence-electron chi connectivity index (χ1n) is 11.0. The Morgan fingerprint density at radius 3 is 2.83 bits per heavy atom. The number of amides is 1. The van der Waals surface area contributed by atoms with Gasteiger partial charge in [-0.05, 0) is 75.3 Å². The highest BCUT2D eigenvalue weighted by molar-refractivity contribution is 5.79. The number of carbonyl (C=O) groups is 1. The molecule has 1 aromatic heterocycles. The maximum Gasteiger partial charge on any atom is 0.224 e. The van der Waals surface area contributed by atoms with Gasteiger partial charge in [-0.15, -0.1) is 0 Å². The maximum absolute atomic E-state index is 13.2. The fraction of sp³-hybridized carbons (Fsp3) is 0.458. The third-order valence-corrected chi connectivity index (χ3v) is 5.99. The van der Waals surface area contributed by atoms with Crippen molar-refractivity contribution in [2.45, 2.75) is 44.9 Å². The van der Waals surface area contributed by atoms with E-state index in [1.807, 2.05) is 6.07 Å². The van der Waals surface area contributed by atoms with Gasteiger partial charge in [-0.2, -0.15) is 0 Å². The molecule has 1 aromatic carbocycles. The van der Waals surface area contributed by atoms with Crippen LogP contribution in [0.1, 0.15) is 44.9 Å². The lowest BCUT2D eigenvalue weighted by Crippen LogP contribution is -2.43. The average molecular weight is 409 g/mol. The van der Waals surface area contributed by atoms with Gasteiger partial charge in [0.1, 0.15) is 11.6 Å². The molecule has 1 aliphatic heterocycles. The summed E-state index contributed by atoms with van der Waals surface area (Å²) in [5.41, 5.74) is 2.27. The van der Waals surface area contributed by atoms with E-state index in [0.717, 1.165) is 43.7 Å². The number of nitrogens with zero attached hydrogens (tertiary/aromatic N) is 3. The first-order chi connectivity index (χ1) is 14.7. The highest BCUT2D eigenvalue weighted by Crippen LogP contribution is 2.24. The molecule has 30 heavy (non-hydrogen) atoms. The fourth-order valence-electron chi connectivity index (χ4n) is 4.28. The van der Waals surface area contributed by atoms with Crippen molar-refractivity contribution in [2.24, 2.45) is 5.92 Å². The molecule has 0 radical (unpaired) electrons. The number of piperidine rings is 1. The number of aromatic nitrogens is 2. The molecule has 1 fully saturated rings. The van der Waals surface area contributed by atoms with Crippen LogP contribution in [-0.2, 0) is 4.79 Å². The zero-order valence-corrected chi connectivity index (χ0v) is 17.3. The molecule has 6 heteroatoms. The summed E-state index contributed by atoms with van der Waals surface area (Å²) >= 11 is 0. The summed E-state index contributed by atoms with van der Waals surface area (Å²) in [5, 5.41) is 3.14. The predicted octanol–water partition coefficient (Wildman–Crippen LogP) is 4.51. The summed E-state index contributed by atoms with van der Waals surface area (Å²) in [6.07, 6.45) is 11.8. The van der Waals surface area contributed by atoms with E-state index in [1.165, 1.54) is 43.4 Å². The molecular weight excluding hydrogens is 379 g/mol. The third-order valence-electron chi connectivity index (χ3n) is 5.99. The van der Waals surface area contributed by atoms with Crippen molar-refractivity contribution in [1.82, 2.24) is 15.3 Å². The number of halogens is 1. The van der Waals surface area contributed by atoms with Crippen LogP contribution < -0.4 is 10.2 Å². The van der Waals surface area contributed by atoms with Gasteiger partial charge in [0.2, 0.25) is 5.91 Å². The molecule has 2 aliphatic rings. The van der Waals surface area contributed by atoms with E-state index in [4.69, 9.17) is 0 Å². The second-order valence-electron chi connectivity index (χ2n) is 8.18. The third kappa shape index (κ3) is 5.23. The molecule has 158 valence electrons. The topological polar surface area (TPSA) is 58.1 Å². The van der Waals surface area contributed by atoms with E-state index in [0.29, 0.717) is 12.4 Å². The van der Waals surface area contributed by atoms with E-state index in [-0.39, 0.29) is 17.6 Å². The largest absolute Gasteiger partial charge is 0.356 e. The Balaban J connectivity index is 1.35. The van der Waals surface area contributed by atoms with Crippen LogP contribution in [-0.4, -0.2) is 35.5 Å². The SMILES string of the molecule is O=C(NCCC1=CCCCC1)[C@@H]1CCCN(c2ccnc(-c3ccc(F)cc3)n2)C1. The number of allylic oxidation sites excluding steroid dienone is 1. The Kier molecular flexibility index (Phi) is 6.72. The van der Waals surface area contributed by atoms with Crippen LogP contribution in [0.25, 0.3) is 11.4 Å². The number of carbonyl (C=O) groups excluding carboxylic acids is 1. The van der Waals surface area contributed by atoms with Gasteiger partial charge in [0.25, 0.3) is 0 Å². The number of nitrogens with one attached hydrogen (secondary N) is 1. The monoisotopic (exact) mass is 408 g/mol. The van der Waals surface area contributed by atoms with Crippen molar-refractivity contribution < 1.29 is 9.18 Å². The van der Waals surface area contributed by atoms with Crippen molar-refractivity contribution >= 4 is 11.7 Å². The van der Waals surface area contributed by atoms with Crippen molar-refractivity contribution in [3.8, 4) is 11.4 Å². The molecule has 0 bridgehead atoms. The molecule has 2 aromatic rings. The Morgan fingerprint density at radius 2 is 2.03 bits per heavy atom. The molecule has 1 amide bonds. The van der Waals surface area contributed by atoms with E-state index in [2.05, 4.69) is 26.3 Å². The summed E-state index contributed by atoms with van der Waals surface area (Å²) in [5.74, 6) is 1.22. The van der Waals surface area contributed by atoms with Crippen molar-refractivity contribution in [3.05, 3.63) is 54.0 Å². The first kappa shape index (κ1) is 20.5.